The highest BCUT2D eigenvalue weighted by Gasteiger charge is 2.39. The van der Waals surface area contributed by atoms with E-state index in [9.17, 15) is 4.79 Å². The van der Waals surface area contributed by atoms with Gasteiger partial charge in [0.05, 0.1) is 0 Å². The predicted molar refractivity (Wildman–Crippen MR) is 114 cm³/mol. The van der Waals surface area contributed by atoms with Crippen LogP contribution in [0.15, 0.2) is 36.4 Å². The van der Waals surface area contributed by atoms with Crippen molar-refractivity contribution in [1.29, 1.82) is 0 Å². The average Bonchev–Trinajstić information content (AvgIpc) is 2.97. The maximum Gasteiger partial charge on any atom is 0.410 e. The molecule has 2 aliphatic rings. The van der Waals surface area contributed by atoms with Gasteiger partial charge in [0, 0.05) is 46.3 Å². The van der Waals surface area contributed by atoms with Crippen molar-refractivity contribution in [2.45, 2.75) is 44.8 Å². The summed E-state index contributed by atoms with van der Waals surface area (Å²) >= 11 is 12.4. The van der Waals surface area contributed by atoms with Gasteiger partial charge in [0.25, 0.3) is 0 Å². The molecule has 4 rings (SSSR count). The van der Waals surface area contributed by atoms with Gasteiger partial charge in [-0.3, -0.25) is 0 Å². The zero-order valence-electron chi connectivity index (χ0n) is 16.3. The first-order chi connectivity index (χ1) is 13.2. The molecule has 2 unspecified atom stereocenters. The molecular weight excluding hydrogens is 395 g/mol. The van der Waals surface area contributed by atoms with E-state index >= 15 is 0 Å². The fraction of sp³-hybridized carbons (Fsp3) is 0.409. The number of likely N-dealkylation sites (tertiary alicyclic amines) is 1. The van der Waals surface area contributed by atoms with Crippen LogP contribution in [0.5, 0.6) is 0 Å². The average molecular weight is 419 g/mol. The normalized spacial score (nSPS) is 21.0. The first-order valence-corrected chi connectivity index (χ1v) is 10.3. The molecule has 0 saturated carbocycles. The number of amides is 1. The molecule has 4 nitrogen and oxygen atoms in total. The summed E-state index contributed by atoms with van der Waals surface area (Å²) in [4.78, 5) is 14.4. The van der Waals surface area contributed by atoms with E-state index in [2.05, 4.69) is 23.5 Å². The highest BCUT2D eigenvalue weighted by atomic mass is 35.5. The highest BCUT2D eigenvalue weighted by Crippen LogP contribution is 2.43. The van der Waals surface area contributed by atoms with E-state index in [-0.39, 0.29) is 12.0 Å². The summed E-state index contributed by atoms with van der Waals surface area (Å²) < 4.78 is 5.57. The van der Waals surface area contributed by atoms with Gasteiger partial charge in [0.2, 0.25) is 0 Å². The molecule has 28 heavy (non-hydrogen) atoms. The third-order valence-electron chi connectivity index (χ3n) is 5.30. The van der Waals surface area contributed by atoms with Crippen LogP contribution >= 0.6 is 23.2 Å². The summed E-state index contributed by atoms with van der Waals surface area (Å²) in [5.41, 5.74) is 3.88. The Morgan fingerprint density at radius 1 is 1.18 bits per heavy atom. The molecule has 2 aliphatic heterocycles. The molecule has 1 amide bonds. The molecule has 0 aromatic heterocycles. The molecule has 2 heterocycles. The lowest BCUT2D eigenvalue weighted by molar-refractivity contribution is 0.0195. The molecule has 2 aromatic carbocycles. The van der Waals surface area contributed by atoms with E-state index in [1.54, 1.807) is 6.07 Å². The van der Waals surface area contributed by atoms with Gasteiger partial charge < -0.3 is 15.0 Å². The zero-order valence-corrected chi connectivity index (χ0v) is 17.8. The van der Waals surface area contributed by atoms with E-state index in [0.29, 0.717) is 29.2 Å². The quantitative estimate of drug-likeness (QED) is 0.600. The van der Waals surface area contributed by atoms with Crippen LogP contribution in [0.4, 0.5) is 10.5 Å². The van der Waals surface area contributed by atoms with E-state index in [1.165, 1.54) is 5.56 Å². The van der Waals surface area contributed by atoms with Crippen molar-refractivity contribution in [2.24, 2.45) is 0 Å². The SMILES string of the molecule is CC(C)(C)OC(=O)N1CCC2Nc3ccc(-c4ccc(Cl)cc4Cl)cc3C2C1. The van der Waals surface area contributed by atoms with Crippen LogP contribution in [-0.2, 0) is 4.74 Å². The largest absolute Gasteiger partial charge is 0.444 e. The maximum atomic E-state index is 12.5. The molecule has 148 valence electrons. The lowest BCUT2D eigenvalue weighted by Gasteiger charge is -2.36. The molecule has 1 saturated heterocycles. The van der Waals surface area contributed by atoms with Crippen LogP contribution in [0.25, 0.3) is 11.1 Å². The standard InChI is InChI=1S/C22H24Cl2N2O2/c1-22(2,3)28-21(27)26-9-8-20-17(12-26)16-10-13(4-7-19(16)25-20)15-6-5-14(23)11-18(15)24/h4-7,10-11,17,20,25H,8-9,12H2,1-3H3. The number of nitrogens with zero attached hydrogens (tertiary/aromatic N) is 1. The van der Waals surface area contributed by atoms with E-state index in [4.69, 9.17) is 27.9 Å². The lowest BCUT2D eigenvalue weighted by Crippen LogP contribution is -2.46. The van der Waals surface area contributed by atoms with Crippen LogP contribution in [0.1, 0.15) is 38.7 Å². The molecular formula is C22H24Cl2N2O2. The van der Waals surface area contributed by atoms with Gasteiger partial charge in [0.15, 0.2) is 0 Å². The Bertz CT molecular complexity index is 923. The number of ether oxygens (including phenoxy) is 1. The van der Waals surface area contributed by atoms with Crippen molar-refractivity contribution in [3.8, 4) is 11.1 Å². The first-order valence-electron chi connectivity index (χ1n) is 9.55. The number of nitrogens with one attached hydrogen (secondary N) is 1. The Labute approximate surface area is 175 Å². The summed E-state index contributed by atoms with van der Waals surface area (Å²) in [7, 11) is 0. The second-order valence-electron chi connectivity index (χ2n) is 8.50. The van der Waals surface area contributed by atoms with E-state index in [1.807, 2.05) is 37.8 Å². The maximum absolute atomic E-state index is 12.5. The summed E-state index contributed by atoms with van der Waals surface area (Å²) in [5, 5.41) is 4.87. The minimum absolute atomic E-state index is 0.238. The summed E-state index contributed by atoms with van der Waals surface area (Å²) in [6.45, 7) is 7.04. The molecule has 0 radical (unpaired) electrons. The predicted octanol–water partition coefficient (Wildman–Crippen LogP) is 6.18. The Morgan fingerprint density at radius 2 is 1.96 bits per heavy atom. The number of anilines is 1. The number of carbonyl (C=O) groups excluding carboxylic acids is 1. The zero-order chi connectivity index (χ0) is 20.1. The Morgan fingerprint density at radius 3 is 2.68 bits per heavy atom. The number of benzene rings is 2. The summed E-state index contributed by atoms with van der Waals surface area (Å²) in [6.07, 6.45) is 0.659. The van der Waals surface area contributed by atoms with Crippen molar-refractivity contribution in [2.75, 3.05) is 18.4 Å². The minimum Gasteiger partial charge on any atom is -0.444 e. The van der Waals surface area contributed by atoms with Gasteiger partial charge in [-0.05, 0) is 62.6 Å². The van der Waals surface area contributed by atoms with Gasteiger partial charge in [-0.25, -0.2) is 4.79 Å². The van der Waals surface area contributed by atoms with E-state index < -0.39 is 5.60 Å². The fourth-order valence-electron chi connectivity index (χ4n) is 4.02. The molecule has 2 atom stereocenters. The Balaban J connectivity index is 1.60. The summed E-state index contributed by atoms with van der Waals surface area (Å²) in [5.74, 6) is 0.238. The van der Waals surface area contributed by atoms with Crippen LogP contribution < -0.4 is 5.32 Å². The van der Waals surface area contributed by atoms with Crippen LogP contribution in [-0.4, -0.2) is 35.7 Å². The fourth-order valence-corrected chi connectivity index (χ4v) is 4.54. The molecule has 6 heteroatoms. The minimum atomic E-state index is -0.488. The number of halogens is 2. The topological polar surface area (TPSA) is 41.6 Å². The summed E-state index contributed by atoms with van der Waals surface area (Å²) in [6, 6.07) is 12.3. The number of rotatable bonds is 1. The van der Waals surface area contributed by atoms with Crippen molar-refractivity contribution in [1.82, 2.24) is 4.90 Å². The Hall–Kier alpha value is -1.91. The monoisotopic (exact) mass is 418 g/mol. The molecule has 1 fully saturated rings. The molecule has 2 aromatic rings. The van der Waals surface area contributed by atoms with Gasteiger partial charge in [0.1, 0.15) is 5.60 Å². The lowest BCUT2D eigenvalue weighted by atomic mass is 9.88. The van der Waals surface area contributed by atoms with Crippen LogP contribution in [0.2, 0.25) is 10.0 Å². The number of hydrogen-bond donors (Lipinski definition) is 1. The molecule has 1 N–H and O–H groups in total. The van der Waals surface area contributed by atoms with Crippen molar-refractivity contribution < 1.29 is 9.53 Å². The van der Waals surface area contributed by atoms with Crippen molar-refractivity contribution in [3.05, 3.63) is 52.0 Å². The van der Waals surface area contributed by atoms with Gasteiger partial charge in [-0.2, -0.15) is 0 Å². The smallest absolute Gasteiger partial charge is 0.410 e. The number of piperidine rings is 1. The first kappa shape index (κ1) is 19.4. The van der Waals surface area contributed by atoms with Gasteiger partial charge >= 0.3 is 6.09 Å². The second-order valence-corrected chi connectivity index (χ2v) is 9.34. The Kier molecular flexibility index (Phi) is 4.96. The molecule has 0 aliphatic carbocycles. The van der Waals surface area contributed by atoms with Gasteiger partial charge in [-0.15, -0.1) is 0 Å². The van der Waals surface area contributed by atoms with E-state index in [0.717, 1.165) is 23.2 Å². The van der Waals surface area contributed by atoms with Crippen molar-refractivity contribution >= 4 is 35.0 Å². The van der Waals surface area contributed by atoms with Crippen molar-refractivity contribution in [3.63, 3.8) is 0 Å². The third-order valence-corrected chi connectivity index (χ3v) is 5.85. The third kappa shape index (κ3) is 3.81. The number of carbonyl (C=O) groups is 1. The van der Waals surface area contributed by atoms with Crippen LogP contribution in [0, 0.1) is 0 Å². The molecule has 0 bridgehead atoms. The van der Waals surface area contributed by atoms with Gasteiger partial charge in [-0.1, -0.05) is 35.3 Å². The molecule has 0 spiro atoms. The van der Waals surface area contributed by atoms with Crippen LogP contribution in [0.3, 0.4) is 0 Å². The number of hydrogen-bond acceptors (Lipinski definition) is 3. The second kappa shape index (κ2) is 7.16. The highest BCUT2D eigenvalue weighted by molar-refractivity contribution is 6.36. The number of fused-ring (bicyclic) bond motifs is 3.